The maximum atomic E-state index is 13.9. The summed E-state index contributed by atoms with van der Waals surface area (Å²) in [5.41, 5.74) is 25.0. The van der Waals surface area contributed by atoms with E-state index in [2.05, 4.69) is 31.6 Å². The van der Waals surface area contributed by atoms with Gasteiger partial charge in [-0.05, 0) is 121 Å². The number of carbonyl (C=O) groups is 7. The highest BCUT2D eigenvalue weighted by molar-refractivity contribution is 5.97. The standard InChI is InChI=1S/C43H71N11O9/c1-26(2)22-34(52-37(56)29(47)23-27-24-48-30-13-4-3-12-28(27)30)40(59)53-35(25-55)42(61)54-21-11-17-36(54)41(60)50-32(15-6-9-19-45)38(57)49-31(14-5-8-18-44)39(58)51-33(43(62)63)16-7-10-20-46/h3-4,12-13,24,26,29,31-36,48,55H,5-11,14-23,25,44-47H2,1-2H3,(H,49,57)(H,50,60)(H,51,58)(H,52,56)(H,53,59)(H,62,63)/t29-,31-,32-,33-,34-,35-,36-/m0/s1. The lowest BCUT2D eigenvalue weighted by atomic mass is 10.0. The number of aliphatic carboxylic acids is 1. The number of hydrogen-bond donors (Lipinski definition) is 12. The highest BCUT2D eigenvalue weighted by Gasteiger charge is 2.40. The Labute approximate surface area is 369 Å². The number of carboxylic acid groups (broad SMARTS) is 1. The van der Waals surface area contributed by atoms with Crippen LogP contribution < -0.4 is 49.5 Å². The molecule has 1 aliphatic rings. The van der Waals surface area contributed by atoms with E-state index in [1.807, 2.05) is 38.1 Å². The minimum Gasteiger partial charge on any atom is -0.480 e. The molecule has 7 atom stereocenters. The van der Waals surface area contributed by atoms with Crippen molar-refractivity contribution in [3.63, 3.8) is 0 Å². The number of H-pyrrole nitrogens is 1. The van der Waals surface area contributed by atoms with E-state index in [0.29, 0.717) is 64.6 Å². The molecular formula is C43H71N11O9. The number of para-hydroxylation sites is 1. The third kappa shape index (κ3) is 16.5. The molecule has 6 amide bonds. The van der Waals surface area contributed by atoms with Crippen LogP contribution in [0.2, 0.25) is 0 Å². The average Bonchev–Trinajstić information content (AvgIpc) is 3.91. The van der Waals surface area contributed by atoms with E-state index in [1.165, 1.54) is 4.90 Å². The molecule has 2 heterocycles. The van der Waals surface area contributed by atoms with Crippen LogP contribution in [0.25, 0.3) is 10.9 Å². The molecular weight excluding hydrogens is 815 g/mol. The third-order valence-electron chi connectivity index (χ3n) is 11.1. The summed E-state index contributed by atoms with van der Waals surface area (Å²) < 4.78 is 0. The molecule has 2 aromatic rings. The largest absolute Gasteiger partial charge is 0.480 e. The van der Waals surface area contributed by atoms with Crippen LogP contribution in [0.5, 0.6) is 0 Å². The Kier molecular flexibility index (Phi) is 22.5. The zero-order valence-corrected chi connectivity index (χ0v) is 36.7. The second kappa shape index (κ2) is 27.1. The Balaban J connectivity index is 1.72. The SMILES string of the molecule is CC(C)C[C@H](NC(=O)[C@@H](N)Cc1c[nH]c2ccccc12)C(=O)N[C@@H](CO)C(=O)N1CCC[C@H]1C(=O)N[C@@H](CCCCN)C(=O)N[C@@H](CCCCN)C(=O)N[C@@H](CCCCN)C(=O)O. The zero-order chi connectivity index (χ0) is 46.5. The smallest absolute Gasteiger partial charge is 0.326 e. The Bertz CT molecular complexity index is 1810. The van der Waals surface area contributed by atoms with Crippen LogP contribution in [-0.4, -0.2) is 137 Å². The second-order valence-electron chi connectivity index (χ2n) is 16.7. The van der Waals surface area contributed by atoms with Gasteiger partial charge in [0.05, 0.1) is 12.6 Å². The second-order valence-corrected chi connectivity index (χ2v) is 16.7. The molecule has 3 rings (SSSR count). The fraction of sp³-hybridized carbons (Fsp3) is 0.651. The Morgan fingerprint density at radius 1 is 0.730 bits per heavy atom. The van der Waals surface area contributed by atoms with Crippen molar-refractivity contribution in [2.45, 2.75) is 140 Å². The molecule has 0 radical (unpaired) electrons. The first-order chi connectivity index (χ1) is 30.1. The van der Waals surface area contributed by atoms with E-state index in [0.717, 1.165) is 16.5 Å². The van der Waals surface area contributed by atoms with Crippen molar-refractivity contribution >= 4 is 52.3 Å². The van der Waals surface area contributed by atoms with Crippen LogP contribution in [0, 0.1) is 5.92 Å². The van der Waals surface area contributed by atoms with Crippen LogP contribution >= 0.6 is 0 Å². The molecule has 20 nitrogen and oxygen atoms in total. The molecule has 1 aliphatic heterocycles. The lowest BCUT2D eigenvalue weighted by molar-refractivity contribution is -0.143. The number of rotatable bonds is 29. The number of aliphatic hydroxyl groups excluding tert-OH is 1. The molecule has 0 unspecified atom stereocenters. The minimum absolute atomic E-state index is 0.0560. The van der Waals surface area contributed by atoms with Crippen molar-refractivity contribution in [1.82, 2.24) is 36.5 Å². The Hall–Kier alpha value is -5.15. The topological polar surface area (TPSA) is 343 Å². The number of fused-ring (bicyclic) bond motifs is 1. The van der Waals surface area contributed by atoms with Crippen molar-refractivity contribution in [1.29, 1.82) is 0 Å². The number of aliphatic hydroxyl groups is 1. The first kappa shape index (κ1) is 52.2. The van der Waals surface area contributed by atoms with Gasteiger partial charge in [0.15, 0.2) is 0 Å². The average molecular weight is 886 g/mol. The number of amides is 6. The third-order valence-corrected chi connectivity index (χ3v) is 11.1. The van der Waals surface area contributed by atoms with Gasteiger partial charge in [-0.1, -0.05) is 32.0 Å². The van der Waals surface area contributed by atoms with Crippen LogP contribution in [0.15, 0.2) is 30.5 Å². The van der Waals surface area contributed by atoms with E-state index in [-0.39, 0.29) is 51.0 Å². The summed E-state index contributed by atoms with van der Waals surface area (Å²) >= 11 is 0. The number of benzene rings is 1. The summed E-state index contributed by atoms with van der Waals surface area (Å²) in [5.74, 6) is -5.32. The first-order valence-corrected chi connectivity index (χ1v) is 22.2. The highest BCUT2D eigenvalue weighted by Crippen LogP contribution is 2.21. The van der Waals surface area contributed by atoms with E-state index in [1.54, 1.807) is 6.20 Å². The van der Waals surface area contributed by atoms with Crippen LogP contribution in [0.3, 0.4) is 0 Å². The molecule has 63 heavy (non-hydrogen) atoms. The number of unbranched alkanes of at least 4 members (excludes halogenated alkanes) is 3. The van der Waals surface area contributed by atoms with Gasteiger partial charge in [-0.15, -0.1) is 0 Å². The van der Waals surface area contributed by atoms with E-state index < -0.39 is 90.3 Å². The van der Waals surface area contributed by atoms with E-state index >= 15 is 0 Å². The Morgan fingerprint density at radius 3 is 1.83 bits per heavy atom. The number of carboxylic acids is 1. The lowest BCUT2D eigenvalue weighted by Crippen LogP contribution is -2.60. The van der Waals surface area contributed by atoms with Crippen LogP contribution in [0.1, 0.15) is 96.5 Å². The molecule has 16 N–H and O–H groups in total. The van der Waals surface area contributed by atoms with Crippen molar-refractivity contribution < 1.29 is 43.8 Å². The predicted octanol–water partition coefficient (Wildman–Crippen LogP) is -1.04. The van der Waals surface area contributed by atoms with Gasteiger partial charge in [-0.3, -0.25) is 28.8 Å². The molecule has 0 bridgehead atoms. The van der Waals surface area contributed by atoms with Crippen molar-refractivity contribution in [3.05, 3.63) is 36.0 Å². The van der Waals surface area contributed by atoms with Crippen LogP contribution in [-0.2, 0) is 40.0 Å². The molecule has 1 fully saturated rings. The number of hydrogen-bond acceptors (Lipinski definition) is 12. The Morgan fingerprint density at radius 2 is 1.25 bits per heavy atom. The molecule has 0 aliphatic carbocycles. The number of nitrogens with one attached hydrogen (secondary N) is 6. The molecule has 0 saturated carbocycles. The number of carbonyl (C=O) groups excluding carboxylic acids is 6. The number of aromatic nitrogens is 1. The zero-order valence-electron chi connectivity index (χ0n) is 36.7. The van der Waals surface area contributed by atoms with Gasteiger partial charge >= 0.3 is 5.97 Å². The van der Waals surface area contributed by atoms with Crippen LogP contribution in [0.4, 0.5) is 0 Å². The number of nitrogens with zero attached hydrogens (tertiary/aromatic N) is 1. The maximum absolute atomic E-state index is 13.9. The van der Waals surface area contributed by atoms with Crippen molar-refractivity contribution in [2.24, 2.45) is 28.9 Å². The molecule has 1 aromatic heterocycles. The minimum atomic E-state index is -1.46. The fourth-order valence-electron chi connectivity index (χ4n) is 7.66. The van der Waals surface area contributed by atoms with Gasteiger partial charge < -0.3 is 69.6 Å². The predicted molar refractivity (Wildman–Crippen MR) is 237 cm³/mol. The molecule has 20 heteroatoms. The van der Waals surface area contributed by atoms with E-state index in [4.69, 9.17) is 22.9 Å². The molecule has 0 spiro atoms. The van der Waals surface area contributed by atoms with Gasteiger partial charge in [-0.25, -0.2) is 4.79 Å². The molecule has 1 aromatic carbocycles. The summed E-state index contributed by atoms with van der Waals surface area (Å²) in [6.45, 7) is 4.08. The maximum Gasteiger partial charge on any atom is 0.326 e. The molecule has 1 saturated heterocycles. The molecule has 352 valence electrons. The lowest BCUT2D eigenvalue weighted by Gasteiger charge is -2.30. The number of nitrogens with two attached hydrogens (primary N) is 4. The normalized spacial score (nSPS) is 16.7. The summed E-state index contributed by atoms with van der Waals surface area (Å²) in [7, 11) is 0. The van der Waals surface area contributed by atoms with Gasteiger partial charge in [0.2, 0.25) is 35.4 Å². The van der Waals surface area contributed by atoms with Gasteiger partial charge in [0.25, 0.3) is 0 Å². The quantitative estimate of drug-likeness (QED) is 0.0435. The summed E-state index contributed by atoms with van der Waals surface area (Å²) in [4.78, 5) is 98.5. The van der Waals surface area contributed by atoms with Crippen molar-refractivity contribution in [3.8, 4) is 0 Å². The monoisotopic (exact) mass is 886 g/mol. The van der Waals surface area contributed by atoms with Gasteiger partial charge in [0, 0.05) is 23.6 Å². The highest BCUT2D eigenvalue weighted by atomic mass is 16.4. The van der Waals surface area contributed by atoms with Gasteiger partial charge in [-0.2, -0.15) is 0 Å². The fourth-order valence-corrected chi connectivity index (χ4v) is 7.66. The number of aromatic amines is 1. The van der Waals surface area contributed by atoms with Gasteiger partial charge in [0.1, 0.15) is 36.3 Å². The summed E-state index contributed by atoms with van der Waals surface area (Å²) in [6.07, 6.45) is 6.30. The summed E-state index contributed by atoms with van der Waals surface area (Å²) in [6, 6.07) is -0.494. The van der Waals surface area contributed by atoms with E-state index in [9.17, 15) is 43.8 Å². The summed E-state index contributed by atoms with van der Waals surface area (Å²) in [5, 5.41) is 34.3. The number of likely N-dealkylation sites (tertiary alicyclic amines) is 1. The van der Waals surface area contributed by atoms with Crippen molar-refractivity contribution in [2.75, 3.05) is 32.8 Å². The first-order valence-electron chi connectivity index (χ1n) is 22.2.